The van der Waals surface area contributed by atoms with E-state index >= 15 is 0 Å². The van der Waals surface area contributed by atoms with E-state index in [0.29, 0.717) is 50.8 Å². The van der Waals surface area contributed by atoms with Gasteiger partial charge < -0.3 is 24.8 Å². The van der Waals surface area contributed by atoms with Crippen molar-refractivity contribution in [1.82, 2.24) is 5.43 Å². The van der Waals surface area contributed by atoms with Gasteiger partial charge in [-0.05, 0) is 66.2 Å². The fraction of sp³-hybridized carbons (Fsp3) is 0.111. The van der Waals surface area contributed by atoms with E-state index in [4.69, 9.17) is 37.4 Å². The zero-order valence-corrected chi connectivity index (χ0v) is 22.2. The Kier molecular flexibility index (Phi) is 10.7. The van der Waals surface area contributed by atoms with E-state index < -0.39 is 17.7 Å². The van der Waals surface area contributed by atoms with Gasteiger partial charge in [-0.3, -0.25) is 14.4 Å². The Bertz CT molecular complexity index is 1380. The summed E-state index contributed by atoms with van der Waals surface area (Å²) in [5.74, 6) is -1.08. The number of ether oxygens (including phenoxy) is 3. The molecular formula is C27H24Cl2N4O6. The fourth-order valence-corrected chi connectivity index (χ4v) is 3.45. The van der Waals surface area contributed by atoms with Gasteiger partial charge in [0.25, 0.3) is 5.91 Å². The number of anilines is 2. The van der Waals surface area contributed by atoms with Crippen LogP contribution in [0.25, 0.3) is 0 Å². The lowest BCUT2D eigenvalue weighted by Gasteiger charge is -2.12. The number of benzene rings is 3. The molecule has 0 fully saturated rings. The molecule has 202 valence electrons. The highest BCUT2D eigenvalue weighted by Crippen LogP contribution is 2.28. The first-order valence-electron chi connectivity index (χ1n) is 11.3. The summed E-state index contributed by atoms with van der Waals surface area (Å²) in [6.45, 7) is 3.61. The third kappa shape index (κ3) is 9.06. The summed E-state index contributed by atoms with van der Waals surface area (Å²) in [5, 5.41) is 9.63. The van der Waals surface area contributed by atoms with Crippen molar-refractivity contribution in [2.24, 2.45) is 5.10 Å². The van der Waals surface area contributed by atoms with Crippen LogP contribution in [-0.2, 0) is 14.4 Å². The van der Waals surface area contributed by atoms with Gasteiger partial charge in [0, 0.05) is 10.7 Å². The Labute approximate surface area is 234 Å². The second kappa shape index (κ2) is 14.4. The standard InChI is InChI=1S/C27H24Cl2N4O6/c1-3-12-38-20-8-6-19(7-9-20)31-26(35)27(36)33-30-15-17-4-11-23(24(13-17)37-2)39-16-25(34)32-22-10-5-18(28)14-21(22)29/h3-11,13-15H,1,12,16H2,2H3,(H,31,35)(H,32,34)(H,33,36)/b30-15-. The van der Waals surface area contributed by atoms with Gasteiger partial charge in [-0.15, -0.1) is 0 Å². The van der Waals surface area contributed by atoms with Gasteiger partial charge in [0.2, 0.25) is 0 Å². The van der Waals surface area contributed by atoms with Crippen molar-refractivity contribution >= 4 is 58.5 Å². The minimum absolute atomic E-state index is 0.297. The lowest BCUT2D eigenvalue weighted by Crippen LogP contribution is -2.32. The van der Waals surface area contributed by atoms with Gasteiger partial charge >= 0.3 is 11.8 Å². The molecule has 0 saturated carbocycles. The second-order valence-corrected chi connectivity index (χ2v) is 8.49. The number of nitrogens with one attached hydrogen (secondary N) is 3. The molecule has 3 rings (SSSR count). The summed E-state index contributed by atoms with van der Waals surface area (Å²) in [5.41, 5.74) is 3.50. The highest BCUT2D eigenvalue weighted by molar-refractivity contribution is 6.39. The van der Waals surface area contributed by atoms with Crippen LogP contribution in [0.3, 0.4) is 0 Å². The minimum Gasteiger partial charge on any atom is -0.493 e. The van der Waals surface area contributed by atoms with Gasteiger partial charge in [-0.2, -0.15) is 5.10 Å². The number of amides is 3. The molecule has 0 heterocycles. The quantitative estimate of drug-likeness (QED) is 0.133. The van der Waals surface area contributed by atoms with Gasteiger partial charge in [0.1, 0.15) is 12.4 Å². The van der Waals surface area contributed by atoms with E-state index in [9.17, 15) is 14.4 Å². The minimum atomic E-state index is -0.961. The maximum atomic E-state index is 12.2. The van der Waals surface area contributed by atoms with E-state index in [0.717, 1.165) is 0 Å². The molecule has 0 saturated heterocycles. The predicted molar refractivity (Wildman–Crippen MR) is 150 cm³/mol. The summed E-state index contributed by atoms with van der Waals surface area (Å²) >= 11 is 11.9. The Hall–Kier alpha value is -4.54. The Morgan fingerprint density at radius 2 is 1.69 bits per heavy atom. The molecule has 0 bridgehead atoms. The van der Waals surface area contributed by atoms with Crippen molar-refractivity contribution < 1.29 is 28.6 Å². The summed E-state index contributed by atoms with van der Waals surface area (Å²) < 4.78 is 16.2. The highest BCUT2D eigenvalue weighted by Gasteiger charge is 2.13. The van der Waals surface area contributed by atoms with E-state index in [2.05, 4.69) is 27.7 Å². The number of rotatable bonds is 11. The number of methoxy groups -OCH3 is 1. The molecule has 3 N–H and O–H groups in total. The van der Waals surface area contributed by atoms with Gasteiger partial charge in [0.05, 0.1) is 24.0 Å². The number of hydrazone groups is 1. The molecule has 0 aliphatic rings. The number of halogens is 2. The normalized spacial score (nSPS) is 10.4. The molecule has 0 spiro atoms. The Morgan fingerprint density at radius 1 is 0.923 bits per heavy atom. The number of carbonyl (C=O) groups is 3. The number of nitrogens with zero attached hydrogens (tertiary/aromatic N) is 1. The summed E-state index contributed by atoms with van der Waals surface area (Å²) in [4.78, 5) is 36.4. The molecule has 39 heavy (non-hydrogen) atoms. The molecule has 0 aromatic heterocycles. The monoisotopic (exact) mass is 570 g/mol. The number of carbonyl (C=O) groups excluding carboxylic acids is 3. The largest absolute Gasteiger partial charge is 0.493 e. The number of hydrogen-bond acceptors (Lipinski definition) is 7. The van der Waals surface area contributed by atoms with Crippen LogP contribution in [0, 0.1) is 0 Å². The summed E-state index contributed by atoms with van der Waals surface area (Å²) in [6, 6.07) is 16.0. The molecule has 0 atom stereocenters. The van der Waals surface area contributed by atoms with E-state index in [1.54, 1.807) is 60.7 Å². The molecule has 0 aliphatic heterocycles. The first kappa shape index (κ1) is 29.0. The topological polar surface area (TPSA) is 127 Å². The van der Waals surface area contributed by atoms with Crippen molar-refractivity contribution in [1.29, 1.82) is 0 Å². The Balaban J connectivity index is 1.50. The van der Waals surface area contributed by atoms with E-state index in [1.165, 1.54) is 19.4 Å². The average molecular weight is 571 g/mol. The van der Waals surface area contributed by atoms with Crippen LogP contribution >= 0.6 is 23.2 Å². The predicted octanol–water partition coefficient (Wildman–Crippen LogP) is 4.67. The molecule has 3 aromatic rings. The molecule has 3 amide bonds. The fourth-order valence-electron chi connectivity index (χ4n) is 3.00. The first-order chi connectivity index (χ1) is 18.8. The van der Waals surface area contributed by atoms with Gasteiger partial charge in [-0.25, -0.2) is 5.43 Å². The molecule has 3 aromatic carbocycles. The van der Waals surface area contributed by atoms with E-state index in [1.807, 2.05) is 0 Å². The summed E-state index contributed by atoms with van der Waals surface area (Å²) in [6.07, 6.45) is 2.93. The lowest BCUT2D eigenvalue weighted by atomic mass is 10.2. The van der Waals surface area contributed by atoms with Crippen LogP contribution in [0.2, 0.25) is 10.0 Å². The zero-order valence-electron chi connectivity index (χ0n) is 20.7. The molecule has 12 heteroatoms. The maximum Gasteiger partial charge on any atom is 0.329 e. The smallest absolute Gasteiger partial charge is 0.329 e. The maximum absolute atomic E-state index is 12.2. The lowest BCUT2D eigenvalue weighted by molar-refractivity contribution is -0.136. The SMILES string of the molecule is C=CCOc1ccc(NC(=O)C(=O)N/N=C\c2ccc(OCC(=O)Nc3ccc(Cl)cc3Cl)c(OC)c2)cc1. The average Bonchev–Trinajstić information content (AvgIpc) is 2.93. The van der Waals surface area contributed by atoms with Crippen molar-refractivity contribution in [3.63, 3.8) is 0 Å². The van der Waals surface area contributed by atoms with Crippen molar-refractivity contribution in [2.45, 2.75) is 0 Å². The van der Waals surface area contributed by atoms with Crippen molar-refractivity contribution in [3.8, 4) is 17.2 Å². The molecule has 0 radical (unpaired) electrons. The van der Waals surface area contributed by atoms with Crippen LogP contribution in [0.4, 0.5) is 11.4 Å². The third-order valence-corrected chi connectivity index (χ3v) is 5.37. The molecule has 10 nitrogen and oxygen atoms in total. The van der Waals surface area contributed by atoms with Crippen molar-refractivity contribution in [2.75, 3.05) is 31.0 Å². The summed E-state index contributed by atoms with van der Waals surface area (Å²) in [7, 11) is 1.43. The third-order valence-electron chi connectivity index (χ3n) is 4.82. The van der Waals surface area contributed by atoms with Crippen LogP contribution in [0.1, 0.15) is 5.56 Å². The first-order valence-corrected chi connectivity index (χ1v) is 12.1. The van der Waals surface area contributed by atoms with Crippen molar-refractivity contribution in [3.05, 3.63) is 88.9 Å². The molecular weight excluding hydrogens is 547 g/mol. The molecule has 0 unspecified atom stereocenters. The Morgan fingerprint density at radius 3 is 2.38 bits per heavy atom. The van der Waals surface area contributed by atoms with Crippen LogP contribution in [0.15, 0.2) is 78.4 Å². The highest BCUT2D eigenvalue weighted by atomic mass is 35.5. The van der Waals surface area contributed by atoms with Gasteiger partial charge in [0.15, 0.2) is 18.1 Å². The zero-order chi connectivity index (χ0) is 28.2. The van der Waals surface area contributed by atoms with Crippen LogP contribution < -0.4 is 30.3 Å². The van der Waals surface area contributed by atoms with Crippen LogP contribution in [0.5, 0.6) is 17.2 Å². The number of hydrogen-bond donors (Lipinski definition) is 3. The second-order valence-electron chi connectivity index (χ2n) is 7.65. The molecule has 0 aliphatic carbocycles. The van der Waals surface area contributed by atoms with Gasteiger partial charge in [-0.1, -0.05) is 35.9 Å². The van der Waals surface area contributed by atoms with E-state index in [-0.39, 0.29) is 6.61 Å². The van der Waals surface area contributed by atoms with Crippen LogP contribution in [-0.4, -0.2) is 44.3 Å².